The number of amides is 2. The van der Waals surface area contributed by atoms with Gasteiger partial charge in [-0.3, -0.25) is 9.69 Å². The van der Waals surface area contributed by atoms with Crippen LogP contribution in [0, 0.1) is 0 Å². The van der Waals surface area contributed by atoms with E-state index in [0.29, 0.717) is 5.56 Å². The molecule has 1 aliphatic rings. The van der Waals surface area contributed by atoms with Crippen LogP contribution in [0.2, 0.25) is 0 Å². The minimum atomic E-state index is -1.39. The number of rotatable bonds is 6. The molecule has 0 spiro atoms. The number of aliphatic hydroxyl groups excluding tert-OH is 1. The minimum absolute atomic E-state index is 0.0600. The SMILES string of the molecule is COC(=O)C(NC(=O)c1coc([C@@H]2COC(C)(C)N2C(=O)OC(C)(C)C)n1)C(O)c1ccccc1. The van der Waals surface area contributed by atoms with Crippen molar-refractivity contribution in [3.8, 4) is 0 Å². The number of nitrogens with zero attached hydrogens (tertiary/aromatic N) is 2. The van der Waals surface area contributed by atoms with E-state index in [4.69, 9.17) is 18.6 Å². The predicted molar refractivity (Wildman–Crippen MR) is 122 cm³/mol. The molecule has 0 saturated carbocycles. The highest BCUT2D eigenvalue weighted by Gasteiger charge is 2.48. The molecule has 1 saturated heterocycles. The van der Waals surface area contributed by atoms with Crippen LogP contribution in [-0.2, 0) is 19.0 Å². The first-order chi connectivity index (χ1) is 16.3. The molecule has 35 heavy (non-hydrogen) atoms. The van der Waals surface area contributed by atoms with Crippen molar-refractivity contribution in [1.29, 1.82) is 0 Å². The number of aliphatic hydroxyl groups is 1. The van der Waals surface area contributed by atoms with Gasteiger partial charge >= 0.3 is 12.1 Å². The molecule has 1 aliphatic heterocycles. The Morgan fingerprint density at radius 3 is 2.49 bits per heavy atom. The molecule has 0 aliphatic carbocycles. The van der Waals surface area contributed by atoms with E-state index in [1.807, 2.05) is 0 Å². The summed E-state index contributed by atoms with van der Waals surface area (Å²) in [5, 5.41) is 13.1. The van der Waals surface area contributed by atoms with Crippen LogP contribution < -0.4 is 5.32 Å². The minimum Gasteiger partial charge on any atom is -0.467 e. The lowest BCUT2D eigenvalue weighted by atomic mass is 10.0. The lowest BCUT2D eigenvalue weighted by Crippen LogP contribution is -2.47. The fourth-order valence-electron chi connectivity index (χ4n) is 3.64. The summed E-state index contributed by atoms with van der Waals surface area (Å²) >= 11 is 0. The Morgan fingerprint density at radius 2 is 1.89 bits per heavy atom. The first-order valence-electron chi connectivity index (χ1n) is 11.1. The van der Waals surface area contributed by atoms with Gasteiger partial charge in [0.05, 0.1) is 13.7 Å². The first kappa shape index (κ1) is 26.2. The van der Waals surface area contributed by atoms with Gasteiger partial charge in [0.25, 0.3) is 5.91 Å². The van der Waals surface area contributed by atoms with Gasteiger partial charge in [-0.15, -0.1) is 0 Å². The number of oxazole rings is 1. The fourth-order valence-corrected chi connectivity index (χ4v) is 3.64. The van der Waals surface area contributed by atoms with Crippen molar-refractivity contribution in [1.82, 2.24) is 15.2 Å². The molecule has 3 atom stereocenters. The van der Waals surface area contributed by atoms with Crippen molar-refractivity contribution in [2.45, 2.75) is 64.1 Å². The summed E-state index contributed by atoms with van der Waals surface area (Å²) in [6.45, 7) is 8.74. The van der Waals surface area contributed by atoms with E-state index < -0.39 is 47.5 Å². The van der Waals surface area contributed by atoms with E-state index >= 15 is 0 Å². The standard InChI is InChI=1S/C24H31N3O8/c1-23(2,3)35-22(31)27-16(13-34-24(27,4)5)20-25-15(12-33-20)19(29)26-17(21(30)32-6)18(28)14-10-8-7-9-11-14/h7-12,16-18,28H,13H2,1-6H3,(H,26,29)/t16-,17?,18?/m0/s1. The van der Waals surface area contributed by atoms with Gasteiger partial charge in [0.15, 0.2) is 11.7 Å². The van der Waals surface area contributed by atoms with Crippen LogP contribution >= 0.6 is 0 Å². The predicted octanol–water partition coefficient (Wildman–Crippen LogP) is 2.72. The number of benzene rings is 1. The monoisotopic (exact) mass is 489 g/mol. The largest absolute Gasteiger partial charge is 0.467 e. The van der Waals surface area contributed by atoms with Crippen LogP contribution in [0.3, 0.4) is 0 Å². The highest BCUT2D eigenvalue weighted by molar-refractivity contribution is 5.95. The number of carbonyl (C=O) groups is 3. The molecule has 2 amide bonds. The van der Waals surface area contributed by atoms with Crippen molar-refractivity contribution in [3.05, 3.63) is 53.7 Å². The molecule has 0 bridgehead atoms. The van der Waals surface area contributed by atoms with E-state index in [1.54, 1.807) is 65.0 Å². The quantitative estimate of drug-likeness (QED) is 0.586. The first-order valence-corrected chi connectivity index (χ1v) is 11.1. The van der Waals surface area contributed by atoms with Gasteiger partial charge in [0, 0.05) is 0 Å². The van der Waals surface area contributed by atoms with Gasteiger partial charge in [-0.2, -0.15) is 0 Å². The molecule has 1 aromatic heterocycles. The molecular weight excluding hydrogens is 458 g/mol. The zero-order chi connectivity index (χ0) is 26.0. The van der Waals surface area contributed by atoms with Crippen LogP contribution in [0.1, 0.15) is 68.7 Å². The third kappa shape index (κ3) is 5.98. The summed E-state index contributed by atoms with van der Waals surface area (Å²) in [7, 11) is 1.15. The highest BCUT2D eigenvalue weighted by atomic mass is 16.6. The molecule has 3 rings (SSSR count). The van der Waals surface area contributed by atoms with Crippen molar-refractivity contribution in [3.63, 3.8) is 0 Å². The van der Waals surface area contributed by atoms with E-state index in [2.05, 4.69) is 10.3 Å². The molecule has 190 valence electrons. The Balaban J connectivity index is 1.80. The highest BCUT2D eigenvalue weighted by Crippen LogP contribution is 2.37. The van der Waals surface area contributed by atoms with Gasteiger partial charge in [-0.25, -0.2) is 14.6 Å². The maximum Gasteiger partial charge on any atom is 0.413 e. The molecule has 2 heterocycles. The molecule has 2 aromatic rings. The molecule has 1 aromatic carbocycles. The fraction of sp³-hybridized carbons (Fsp3) is 0.500. The van der Waals surface area contributed by atoms with Crippen molar-refractivity contribution >= 4 is 18.0 Å². The van der Waals surface area contributed by atoms with Crippen LogP contribution in [0.5, 0.6) is 0 Å². The van der Waals surface area contributed by atoms with Gasteiger partial charge in [-0.05, 0) is 40.2 Å². The zero-order valence-electron chi connectivity index (χ0n) is 20.6. The summed E-state index contributed by atoms with van der Waals surface area (Å²) in [4.78, 5) is 43.6. The molecule has 0 radical (unpaired) electrons. The van der Waals surface area contributed by atoms with Crippen molar-refractivity contribution in [2.24, 2.45) is 0 Å². The maximum absolute atomic E-state index is 12.9. The second-order valence-corrected chi connectivity index (χ2v) is 9.52. The number of ether oxygens (including phenoxy) is 3. The Kier molecular flexibility index (Phi) is 7.51. The average Bonchev–Trinajstić information content (AvgIpc) is 3.40. The van der Waals surface area contributed by atoms with Crippen LogP contribution in [0.25, 0.3) is 0 Å². The summed E-state index contributed by atoms with van der Waals surface area (Å²) in [6.07, 6.45) is -0.872. The van der Waals surface area contributed by atoms with Gasteiger partial charge < -0.3 is 29.1 Å². The number of carbonyl (C=O) groups excluding carboxylic acids is 3. The lowest BCUT2D eigenvalue weighted by molar-refractivity contribution is -0.146. The Labute approximate surface area is 203 Å². The van der Waals surface area contributed by atoms with E-state index in [9.17, 15) is 19.5 Å². The summed E-state index contributed by atoms with van der Waals surface area (Å²) in [6, 6.07) is 6.26. The number of esters is 1. The van der Waals surface area contributed by atoms with Crippen LogP contribution in [0.15, 0.2) is 41.0 Å². The zero-order valence-corrected chi connectivity index (χ0v) is 20.6. The molecule has 2 N–H and O–H groups in total. The average molecular weight is 490 g/mol. The Bertz CT molecular complexity index is 1060. The molecule has 2 unspecified atom stereocenters. The second-order valence-electron chi connectivity index (χ2n) is 9.52. The van der Waals surface area contributed by atoms with E-state index in [1.165, 1.54) is 4.90 Å². The van der Waals surface area contributed by atoms with E-state index in [-0.39, 0.29) is 18.2 Å². The van der Waals surface area contributed by atoms with Crippen molar-refractivity contribution < 1.29 is 38.1 Å². The number of aromatic nitrogens is 1. The summed E-state index contributed by atoms with van der Waals surface area (Å²) in [5.41, 5.74) is -1.46. The number of hydrogen-bond donors (Lipinski definition) is 2. The third-order valence-electron chi connectivity index (χ3n) is 5.31. The second kappa shape index (κ2) is 10.0. The summed E-state index contributed by atoms with van der Waals surface area (Å²) in [5.74, 6) is -1.54. The van der Waals surface area contributed by atoms with Gasteiger partial charge in [0.2, 0.25) is 5.89 Å². The number of hydrogen-bond acceptors (Lipinski definition) is 9. The Morgan fingerprint density at radius 1 is 1.23 bits per heavy atom. The van der Waals surface area contributed by atoms with Crippen molar-refractivity contribution in [2.75, 3.05) is 13.7 Å². The normalized spacial score (nSPS) is 19.1. The van der Waals surface area contributed by atoms with E-state index in [0.717, 1.165) is 13.4 Å². The number of methoxy groups -OCH3 is 1. The molecule has 1 fully saturated rings. The lowest BCUT2D eigenvalue weighted by Gasteiger charge is -2.34. The summed E-state index contributed by atoms with van der Waals surface area (Å²) < 4.78 is 21.5. The third-order valence-corrected chi connectivity index (χ3v) is 5.31. The Hall–Kier alpha value is -3.44. The van der Waals surface area contributed by atoms with Gasteiger partial charge in [0.1, 0.15) is 29.7 Å². The maximum atomic E-state index is 12.9. The van der Waals surface area contributed by atoms with Crippen LogP contribution in [0.4, 0.5) is 4.79 Å². The molecule has 11 nitrogen and oxygen atoms in total. The van der Waals surface area contributed by atoms with Crippen LogP contribution in [-0.4, -0.2) is 64.0 Å². The molecular formula is C24H31N3O8. The number of nitrogens with one attached hydrogen (secondary N) is 1. The van der Waals surface area contributed by atoms with Gasteiger partial charge in [-0.1, -0.05) is 30.3 Å². The molecule has 11 heteroatoms. The smallest absolute Gasteiger partial charge is 0.413 e. The topological polar surface area (TPSA) is 140 Å².